The molecule has 3 aromatic rings. The zero-order valence-electron chi connectivity index (χ0n) is 19.5. The van der Waals surface area contributed by atoms with E-state index in [0.29, 0.717) is 18.9 Å². The van der Waals surface area contributed by atoms with E-state index >= 15 is 0 Å². The largest absolute Gasteiger partial charge is 0.338 e. The van der Waals surface area contributed by atoms with Crippen molar-refractivity contribution in [3.8, 4) is 0 Å². The Hall–Kier alpha value is -3.04. The molecule has 0 radical (unpaired) electrons. The molecule has 2 heterocycles. The van der Waals surface area contributed by atoms with Crippen LogP contribution in [-0.2, 0) is 17.1 Å². The average molecular weight is 485 g/mol. The Morgan fingerprint density at radius 2 is 1.82 bits per heavy atom. The number of rotatable bonds is 6. The molecule has 0 saturated carbocycles. The fourth-order valence-electron chi connectivity index (χ4n) is 4.61. The molecule has 7 nitrogen and oxygen atoms in total. The molecule has 1 amide bonds. The topological polar surface area (TPSA) is 84.3 Å². The highest BCUT2D eigenvalue weighted by atomic mass is 32.2. The maximum atomic E-state index is 14.6. The number of carbonyl (C=O) groups excluding carboxylic acids is 1. The van der Waals surface area contributed by atoms with Gasteiger partial charge >= 0.3 is 0 Å². The third-order valence-electron chi connectivity index (χ3n) is 6.18. The van der Waals surface area contributed by atoms with E-state index in [9.17, 15) is 17.6 Å². The zero-order valence-corrected chi connectivity index (χ0v) is 20.3. The average Bonchev–Trinajstić information content (AvgIpc) is 3.23. The van der Waals surface area contributed by atoms with Crippen LogP contribution in [0.5, 0.6) is 0 Å². The molecule has 1 saturated heterocycles. The molecule has 1 aliphatic heterocycles. The monoisotopic (exact) mass is 484 g/mol. The number of amides is 1. The third-order valence-corrected chi connectivity index (χ3v) is 8.01. The van der Waals surface area contributed by atoms with E-state index in [1.165, 1.54) is 22.5 Å². The minimum absolute atomic E-state index is 0.0703. The molecule has 180 valence electrons. The first-order valence-corrected chi connectivity index (χ1v) is 12.7. The molecule has 0 bridgehead atoms. The molecular weight excluding hydrogens is 455 g/mol. The van der Waals surface area contributed by atoms with Crippen LogP contribution in [-0.4, -0.2) is 41.3 Å². The predicted octanol–water partition coefficient (Wildman–Crippen LogP) is 3.75. The van der Waals surface area contributed by atoms with E-state index < -0.39 is 27.8 Å². The molecule has 1 aliphatic rings. The molecule has 34 heavy (non-hydrogen) atoms. The second-order valence-electron chi connectivity index (χ2n) is 9.12. The highest BCUT2D eigenvalue weighted by Gasteiger charge is 2.32. The van der Waals surface area contributed by atoms with Crippen molar-refractivity contribution in [1.29, 1.82) is 0 Å². The summed E-state index contributed by atoms with van der Waals surface area (Å²) in [4.78, 5) is 17.6. The number of benzene rings is 2. The van der Waals surface area contributed by atoms with Crippen molar-refractivity contribution in [3.63, 3.8) is 0 Å². The molecule has 3 atom stereocenters. The standard InChI is InChI=1S/C25H29FN4O3S/c1-17-13-18(2)16-30(15-17)34(32,33)20-8-6-7-19(14-20)25(31)28-23(24-27-11-12-29(24)3)21-9-4-5-10-22(21)26/h4-12,14,17-18,23H,13,15-16H2,1-3H3,(H,28,31). The number of aryl methyl sites for hydroxylation is 1. The number of aromatic nitrogens is 2. The summed E-state index contributed by atoms with van der Waals surface area (Å²) in [6, 6.07) is 11.3. The molecule has 1 N–H and O–H groups in total. The van der Waals surface area contributed by atoms with E-state index in [2.05, 4.69) is 10.3 Å². The van der Waals surface area contributed by atoms with Gasteiger partial charge in [-0.3, -0.25) is 4.79 Å². The van der Waals surface area contributed by atoms with Crippen LogP contribution < -0.4 is 5.32 Å². The van der Waals surface area contributed by atoms with E-state index in [0.717, 1.165) is 6.42 Å². The Morgan fingerprint density at radius 1 is 1.12 bits per heavy atom. The van der Waals surface area contributed by atoms with Gasteiger partial charge in [-0.05, 0) is 42.5 Å². The van der Waals surface area contributed by atoms with Crippen LogP contribution in [0.15, 0.2) is 65.8 Å². The highest BCUT2D eigenvalue weighted by molar-refractivity contribution is 7.89. The number of piperidine rings is 1. The number of halogens is 1. The smallest absolute Gasteiger partial charge is 0.252 e. The molecule has 1 aromatic heterocycles. The predicted molar refractivity (Wildman–Crippen MR) is 127 cm³/mol. The quantitative estimate of drug-likeness (QED) is 0.578. The highest BCUT2D eigenvalue weighted by Crippen LogP contribution is 2.28. The molecule has 0 aliphatic carbocycles. The van der Waals surface area contributed by atoms with Crippen molar-refractivity contribution in [2.75, 3.05) is 13.1 Å². The van der Waals surface area contributed by atoms with Crippen molar-refractivity contribution < 1.29 is 17.6 Å². The summed E-state index contributed by atoms with van der Waals surface area (Å²) in [5.74, 6) is 0.00121. The van der Waals surface area contributed by atoms with Crippen LogP contribution in [0, 0.1) is 17.7 Å². The summed E-state index contributed by atoms with van der Waals surface area (Å²) in [6.45, 7) is 5.00. The van der Waals surface area contributed by atoms with Gasteiger partial charge in [-0.2, -0.15) is 4.31 Å². The Bertz CT molecular complexity index is 1280. The minimum atomic E-state index is -3.74. The Morgan fingerprint density at radius 3 is 2.47 bits per heavy atom. The summed E-state index contributed by atoms with van der Waals surface area (Å²) < 4.78 is 44.4. The lowest BCUT2D eigenvalue weighted by Crippen LogP contribution is -2.42. The van der Waals surface area contributed by atoms with E-state index in [1.807, 2.05) is 13.8 Å². The van der Waals surface area contributed by atoms with Gasteiger partial charge in [0.2, 0.25) is 10.0 Å². The van der Waals surface area contributed by atoms with Gasteiger partial charge in [0.05, 0.1) is 4.90 Å². The number of imidazole rings is 1. The van der Waals surface area contributed by atoms with Gasteiger partial charge in [-0.1, -0.05) is 38.1 Å². The first-order valence-electron chi connectivity index (χ1n) is 11.3. The number of hydrogen-bond donors (Lipinski definition) is 1. The van der Waals surface area contributed by atoms with Crippen LogP contribution in [0.2, 0.25) is 0 Å². The van der Waals surface area contributed by atoms with Crippen LogP contribution in [0.1, 0.15) is 48.1 Å². The molecule has 3 unspecified atom stereocenters. The third kappa shape index (κ3) is 4.90. The van der Waals surface area contributed by atoms with Crippen LogP contribution >= 0.6 is 0 Å². The molecule has 2 aromatic carbocycles. The van der Waals surface area contributed by atoms with Gasteiger partial charge in [-0.25, -0.2) is 17.8 Å². The lowest BCUT2D eigenvalue weighted by atomic mass is 9.94. The number of carbonyl (C=O) groups is 1. The Labute approximate surface area is 199 Å². The first-order chi connectivity index (χ1) is 16.2. The summed E-state index contributed by atoms with van der Waals surface area (Å²) in [7, 11) is -1.98. The van der Waals surface area contributed by atoms with E-state index in [1.54, 1.807) is 54.3 Å². The summed E-state index contributed by atoms with van der Waals surface area (Å²) in [6.07, 6.45) is 4.27. The second kappa shape index (κ2) is 9.68. The zero-order chi connectivity index (χ0) is 24.5. The number of nitrogens with one attached hydrogen (secondary N) is 1. The number of sulfonamides is 1. The Balaban J connectivity index is 1.64. The summed E-state index contributed by atoms with van der Waals surface area (Å²) in [5, 5.41) is 2.84. The molecule has 0 spiro atoms. The van der Waals surface area contributed by atoms with Gasteiger partial charge in [0.15, 0.2) is 0 Å². The molecule has 1 fully saturated rings. The normalized spacial score (nSPS) is 20.1. The maximum Gasteiger partial charge on any atom is 0.252 e. The molecular formula is C25H29FN4O3S. The van der Waals surface area contributed by atoms with Crippen LogP contribution in [0.25, 0.3) is 0 Å². The molecule has 4 rings (SSSR count). The van der Waals surface area contributed by atoms with Crippen LogP contribution in [0.4, 0.5) is 4.39 Å². The summed E-state index contributed by atoms with van der Waals surface area (Å²) in [5.41, 5.74) is 0.444. The lowest BCUT2D eigenvalue weighted by molar-refractivity contribution is 0.0940. The van der Waals surface area contributed by atoms with Crippen molar-refractivity contribution in [1.82, 2.24) is 19.2 Å². The van der Waals surface area contributed by atoms with Gasteiger partial charge in [0.25, 0.3) is 5.91 Å². The number of nitrogens with zero attached hydrogens (tertiary/aromatic N) is 3. The van der Waals surface area contributed by atoms with Gasteiger partial charge in [0, 0.05) is 43.7 Å². The Kier molecular flexibility index (Phi) is 6.86. The maximum absolute atomic E-state index is 14.6. The minimum Gasteiger partial charge on any atom is -0.338 e. The second-order valence-corrected chi connectivity index (χ2v) is 11.1. The van der Waals surface area contributed by atoms with E-state index in [4.69, 9.17) is 0 Å². The van der Waals surface area contributed by atoms with Gasteiger partial charge < -0.3 is 9.88 Å². The van der Waals surface area contributed by atoms with E-state index in [-0.39, 0.29) is 27.9 Å². The molecule has 9 heteroatoms. The SMILES string of the molecule is CC1CC(C)CN(S(=O)(=O)c2cccc(C(=O)NC(c3ccccc3F)c3nccn3C)c2)C1. The van der Waals surface area contributed by atoms with Gasteiger partial charge in [0.1, 0.15) is 17.7 Å². The van der Waals surface area contributed by atoms with Crippen LogP contribution in [0.3, 0.4) is 0 Å². The fourth-order valence-corrected chi connectivity index (χ4v) is 6.34. The summed E-state index contributed by atoms with van der Waals surface area (Å²) >= 11 is 0. The fraction of sp³-hybridized carbons (Fsp3) is 0.360. The van der Waals surface area contributed by atoms with Gasteiger partial charge in [-0.15, -0.1) is 0 Å². The lowest BCUT2D eigenvalue weighted by Gasteiger charge is -2.34. The van der Waals surface area contributed by atoms with Crippen molar-refractivity contribution in [2.24, 2.45) is 18.9 Å². The van der Waals surface area contributed by atoms with Crippen molar-refractivity contribution in [2.45, 2.75) is 31.2 Å². The van der Waals surface area contributed by atoms with Crippen molar-refractivity contribution >= 4 is 15.9 Å². The number of hydrogen-bond acceptors (Lipinski definition) is 4. The first kappa shape index (κ1) is 24.1. The van der Waals surface area contributed by atoms with Crippen molar-refractivity contribution in [3.05, 3.63) is 83.7 Å².